The molecular weight excluding hydrogens is 380 g/mol. The molecule has 4 nitrogen and oxygen atoms in total. The lowest BCUT2D eigenvalue weighted by Gasteiger charge is -2.38. The van der Waals surface area contributed by atoms with E-state index in [0.29, 0.717) is 0 Å². The molecule has 0 aliphatic carbocycles. The van der Waals surface area contributed by atoms with Gasteiger partial charge in [0.1, 0.15) is 11.5 Å². The number of methoxy groups -OCH3 is 1. The summed E-state index contributed by atoms with van der Waals surface area (Å²) in [6.45, 7) is 0. The van der Waals surface area contributed by atoms with E-state index in [1.165, 1.54) is 10.5 Å². The first-order chi connectivity index (χ1) is 14.3. The maximum atomic E-state index is 6.42. The number of benzene rings is 3. The molecule has 2 aliphatic rings. The summed E-state index contributed by atoms with van der Waals surface area (Å²) < 4.78 is 11.7. The van der Waals surface area contributed by atoms with Crippen LogP contribution in [0, 0.1) is 0 Å². The fourth-order valence-corrected chi connectivity index (χ4v) is 4.39. The van der Waals surface area contributed by atoms with E-state index in [1.807, 2.05) is 18.2 Å². The first kappa shape index (κ1) is 18.1. The van der Waals surface area contributed by atoms with E-state index in [2.05, 4.69) is 65.9 Å². The van der Waals surface area contributed by atoms with Crippen LogP contribution in [0.3, 0.4) is 0 Å². The van der Waals surface area contributed by atoms with E-state index in [-0.39, 0.29) is 12.3 Å². The van der Waals surface area contributed by atoms with E-state index in [9.17, 15) is 0 Å². The van der Waals surface area contributed by atoms with Crippen LogP contribution in [0.5, 0.6) is 11.5 Å². The zero-order valence-corrected chi connectivity index (χ0v) is 17.2. The molecule has 2 heterocycles. The molecule has 0 fully saturated rings. The molecule has 0 unspecified atom stereocenters. The highest BCUT2D eigenvalue weighted by Gasteiger charge is 2.40. The molecule has 3 aromatic carbocycles. The van der Waals surface area contributed by atoms with Crippen molar-refractivity contribution in [2.45, 2.75) is 23.6 Å². The molecule has 2 aliphatic heterocycles. The van der Waals surface area contributed by atoms with Crippen LogP contribution < -0.4 is 9.47 Å². The van der Waals surface area contributed by atoms with Gasteiger partial charge < -0.3 is 9.47 Å². The molecule has 0 spiro atoms. The second-order valence-electron chi connectivity index (χ2n) is 7.16. The monoisotopic (exact) mass is 402 g/mol. The van der Waals surface area contributed by atoms with E-state index < -0.39 is 0 Å². The molecule has 0 bridgehead atoms. The lowest BCUT2D eigenvalue weighted by Crippen LogP contribution is -2.33. The molecule has 146 valence electrons. The third-order valence-corrected chi connectivity index (χ3v) is 6.27. The Morgan fingerprint density at radius 3 is 2.48 bits per heavy atom. The minimum atomic E-state index is -0.235. The molecule has 29 heavy (non-hydrogen) atoms. The highest BCUT2D eigenvalue weighted by Crippen LogP contribution is 2.47. The molecule has 5 heteroatoms. The van der Waals surface area contributed by atoms with Crippen LogP contribution in [-0.2, 0) is 0 Å². The number of para-hydroxylation sites is 1. The SMILES string of the molecule is COc1ccc(C2=NN3[C@@H](C2)c2ccccc2O[C@H]3c2ccc(SC)cc2)cc1. The highest BCUT2D eigenvalue weighted by molar-refractivity contribution is 7.98. The summed E-state index contributed by atoms with van der Waals surface area (Å²) in [5.41, 5.74) is 4.50. The maximum absolute atomic E-state index is 6.42. The molecule has 0 aromatic heterocycles. The van der Waals surface area contributed by atoms with Gasteiger partial charge in [-0.25, -0.2) is 5.01 Å². The molecule has 0 radical (unpaired) electrons. The highest BCUT2D eigenvalue weighted by atomic mass is 32.2. The molecule has 0 N–H and O–H groups in total. The van der Waals surface area contributed by atoms with Crippen molar-refractivity contribution in [3.63, 3.8) is 0 Å². The molecule has 0 saturated heterocycles. The summed E-state index contributed by atoms with van der Waals surface area (Å²) in [7, 11) is 1.68. The standard InChI is InChI=1S/C24H22N2O2S/c1-27-18-11-7-16(8-12-18)21-15-22-20-5-3-4-6-23(20)28-24(26(22)25-21)17-9-13-19(29-2)14-10-17/h3-14,22,24H,15H2,1-2H3/t22-,24-/m0/s1. The van der Waals surface area contributed by atoms with E-state index in [4.69, 9.17) is 14.6 Å². The maximum Gasteiger partial charge on any atom is 0.213 e. The molecule has 3 aromatic rings. The van der Waals surface area contributed by atoms with E-state index in [1.54, 1.807) is 18.9 Å². The Hall–Kier alpha value is -2.92. The van der Waals surface area contributed by atoms with Gasteiger partial charge in [0.25, 0.3) is 0 Å². The summed E-state index contributed by atoms with van der Waals surface area (Å²) in [6, 6.07) is 25.2. The minimum absolute atomic E-state index is 0.169. The summed E-state index contributed by atoms with van der Waals surface area (Å²) >= 11 is 1.74. The van der Waals surface area contributed by atoms with Crippen LogP contribution in [0.25, 0.3) is 0 Å². The number of hydrogen-bond acceptors (Lipinski definition) is 5. The summed E-state index contributed by atoms with van der Waals surface area (Å²) in [4.78, 5) is 1.24. The van der Waals surface area contributed by atoms with Crippen molar-refractivity contribution in [3.05, 3.63) is 89.5 Å². The van der Waals surface area contributed by atoms with Crippen molar-refractivity contribution in [3.8, 4) is 11.5 Å². The predicted molar refractivity (Wildman–Crippen MR) is 117 cm³/mol. The molecule has 5 rings (SSSR count). The Balaban J connectivity index is 1.54. The normalized spacial score (nSPS) is 19.8. The Labute approximate surface area is 175 Å². The summed E-state index contributed by atoms with van der Waals surface area (Å²) in [5, 5.41) is 7.14. The van der Waals surface area contributed by atoms with Crippen molar-refractivity contribution in [2.24, 2.45) is 5.10 Å². The second-order valence-corrected chi connectivity index (χ2v) is 8.04. The van der Waals surface area contributed by atoms with Gasteiger partial charge in [-0.15, -0.1) is 11.8 Å². The Kier molecular flexibility index (Phi) is 4.68. The zero-order chi connectivity index (χ0) is 19.8. The number of fused-ring (bicyclic) bond motifs is 3. The van der Waals surface area contributed by atoms with Gasteiger partial charge in [0, 0.05) is 22.4 Å². The van der Waals surface area contributed by atoms with E-state index in [0.717, 1.165) is 34.8 Å². The summed E-state index contributed by atoms with van der Waals surface area (Å²) in [6.07, 6.45) is 2.71. The van der Waals surface area contributed by atoms with Gasteiger partial charge in [-0.05, 0) is 54.3 Å². The van der Waals surface area contributed by atoms with Crippen LogP contribution in [0.1, 0.15) is 35.4 Å². The van der Waals surface area contributed by atoms with Gasteiger partial charge in [0.15, 0.2) is 0 Å². The number of ether oxygens (including phenoxy) is 2. The largest absolute Gasteiger partial charge is 0.497 e. The smallest absolute Gasteiger partial charge is 0.213 e. The van der Waals surface area contributed by atoms with Crippen molar-refractivity contribution >= 4 is 17.5 Å². The Morgan fingerprint density at radius 1 is 1.00 bits per heavy atom. The predicted octanol–water partition coefficient (Wildman–Crippen LogP) is 5.66. The van der Waals surface area contributed by atoms with Crippen molar-refractivity contribution < 1.29 is 9.47 Å². The summed E-state index contributed by atoms with van der Waals surface area (Å²) in [5.74, 6) is 1.80. The third-order valence-electron chi connectivity index (χ3n) is 5.52. The topological polar surface area (TPSA) is 34.1 Å². The third kappa shape index (κ3) is 3.25. The second kappa shape index (κ2) is 7.48. The number of rotatable bonds is 4. The van der Waals surface area contributed by atoms with Gasteiger partial charge in [0.05, 0.1) is 18.9 Å². The van der Waals surface area contributed by atoms with E-state index >= 15 is 0 Å². The number of nitrogens with zero attached hydrogens (tertiary/aromatic N) is 2. The lowest BCUT2D eigenvalue weighted by atomic mass is 9.96. The van der Waals surface area contributed by atoms with Gasteiger partial charge in [-0.2, -0.15) is 5.10 Å². The van der Waals surface area contributed by atoms with Crippen molar-refractivity contribution in [2.75, 3.05) is 13.4 Å². The quantitative estimate of drug-likeness (QED) is 0.528. The average molecular weight is 403 g/mol. The van der Waals surface area contributed by atoms with Gasteiger partial charge in [-0.1, -0.05) is 30.3 Å². The lowest BCUT2D eigenvalue weighted by molar-refractivity contribution is -0.0190. The minimum Gasteiger partial charge on any atom is -0.497 e. The number of hydrogen-bond donors (Lipinski definition) is 0. The van der Waals surface area contributed by atoms with Gasteiger partial charge >= 0.3 is 0 Å². The molecule has 2 atom stereocenters. The molecule has 0 amide bonds. The first-order valence-corrected chi connectivity index (χ1v) is 10.9. The fraction of sp³-hybridized carbons (Fsp3) is 0.208. The number of hydrazone groups is 1. The van der Waals surface area contributed by atoms with Crippen molar-refractivity contribution in [1.29, 1.82) is 0 Å². The Morgan fingerprint density at radius 2 is 1.76 bits per heavy atom. The van der Waals surface area contributed by atoms with Crippen LogP contribution in [0.15, 0.2) is 82.8 Å². The van der Waals surface area contributed by atoms with Crippen LogP contribution in [0.4, 0.5) is 0 Å². The first-order valence-electron chi connectivity index (χ1n) is 9.66. The van der Waals surface area contributed by atoms with Crippen LogP contribution >= 0.6 is 11.8 Å². The number of thioether (sulfide) groups is 1. The molecule has 0 saturated carbocycles. The van der Waals surface area contributed by atoms with Crippen LogP contribution in [0.2, 0.25) is 0 Å². The van der Waals surface area contributed by atoms with Crippen molar-refractivity contribution in [1.82, 2.24) is 5.01 Å². The Bertz CT molecular complexity index is 1050. The van der Waals surface area contributed by atoms with Gasteiger partial charge in [0.2, 0.25) is 6.23 Å². The zero-order valence-electron chi connectivity index (χ0n) is 16.4. The molecular formula is C24H22N2O2S. The average Bonchev–Trinajstić information content (AvgIpc) is 3.24. The fourth-order valence-electron chi connectivity index (χ4n) is 3.98. The van der Waals surface area contributed by atoms with Gasteiger partial charge in [-0.3, -0.25) is 0 Å². The van der Waals surface area contributed by atoms with Crippen LogP contribution in [-0.4, -0.2) is 24.1 Å².